The third-order valence-electron chi connectivity index (χ3n) is 3.35. The van der Waals surface area contributed by atoms with Crippen LogP contribution in [0.1, 0.15) is 11.1 Å². The average Bonchev–Trinajstić information content (AvgIpc) is 2.42. The molecule has 2 aromatic carbocycles. The van der Waals surface area contributed by atoms with E-state index in [9.17, 15) is 0 Å². The number of rotatable bonds is 2. The van der Waals surface area contributed by atoms with E-state index in [1.807, 2.05) is 30.5 Å². The van der Waals surface area contributed by atoms with E-state index < -0.39 is 0 Å². The summed E-state index contributed by atoms with van der Waals surface area (Å²) >= 11 is 6.09. The summed E-state index contributed by atoms with van der Waals surface area (Å²) in [6.07, 6.45) is 1.81. The van der Waals surface area contributed by atoms with Crippen LogP contribution >= 0.6 is 11.6 Å². The van der Waals surface area contributed by atoms with Crippen LogP contribution in [0.2, 0.25) is 5.02 Å². The molecule has 0 fully saturated rings. The SMILES string of the molecule is Cc1ccc(Nc2ccnc3ccc(Cl)cc23)c(C)c1. The predicted molar refractivity (Wildman–Crippen MR) is 86.0 cm³/mol. The van der Waals surface area contributed by atoms with Gasteiger partial charge in [-0.3, -0.25) is 4.98 Å². The second-order valence-electron chi connectivity index (χ2n) is 4.96. The molecule has 0 atom stereocenters. The van der Waals surface area contributed by atoms with Crippen LogP contribution in [-0.4, -0.2) is 4.98 Å². The number of aryl methyl sites for hydroxylation is 2. The first-order valence-corrected chi connectivity index (χ1v) is 6.90. The van der Waals surface area contributed by atoms with Gasteiger partial charge >= 0.3 is 0 Å². The van der Waals surface area contributed by atoms with E-state index in [0.29, 0.717) is 5.02 Å². The third-order valence-corrected chi connectivity index (χ3v) is 3.59. The number of nitrogens with zero attached hydrogens (tertiary/aromatic N) is 1. The molecule has 2 nitrogen and oxygen atoms in total. The molecule has 3 aromatic rings. The zero-order chi connectivity index (χ0) is 14.1. The van der Waals surface area contributed by atoms with Crippen molar-refractivity contribution in [1.82, 2.24) is 4.98 Å². The molecule has 20 heavy (non-hydrogen) atoms. The number of hydrogen-bond donors (Lipinski definition) is 1. The first-order chi connectivity index (χ1) is 9.63. The number of anilines is 2. The lowest BCUT2D eigenvalue weighted by Gasteiger charge is -2.12. The first kappa shape index (κ1) is 12.9. The van der Waals surface area contributed by atoms with Crippen molar-refractivity contribution in [3.8, 4) is 0 Å². The number of hydrogen-bond acceptors (Lipinski definition) is 2. The molecule has 0 bridgehead atoms. The second-order valence-corrected chi connectivity index (χ2v) is 5.40. The Morgan fingerprint density at radius 2 is 1.80 bits per heavy atom. The molecule has 1 heterocycles. The van der Waals surface area contributed by atoms with E-state index in [-0.39, 0.29) is 0 Å². The zero-order valence-electron chi connectivity index (χ0n) is 11.4. The minimum atomic E-state index is 0.717. The molecule has 0 radical (unpaired) electrons. The van der Waals surface area contributed by atoms with Crippen molar-refractivity contribution in [2.75, 3.05) is 5.32 Å². The van der Waals surface area contributed by atoms with Crippen molar-refractivity contribution in [1.29, 1.82) is 0 Å². The minimum Gasteiger partial charge on any atom is -0.355 e. The Hall–Kier alpha value is -2.06. The smallest absolute Gasteiger partial charge is 0.0723 e. The Balaban J connectivity index is 2.08. The Morgan fingerprint density at radius 1 is 0.950 bits per heavy atom. The second kappa shape index (κ2) is 5.14. The van der Waals surface area contributed by atoms with Crippen LogP contribution < -0.4 is 5.32 Å². The maximum atomic E-state index is 6.09. The summed E-state index contributed by atoms with van der Waals surface area (Å²) in [6, 6.07) is 14.1. The Labute approximate surface area is 123 Å². The topological polar surface area (TPSA) is 24.9 Å². The van der Waals surface area contributed by atoms with Crippen LogP contribution in [0.25, 0.3) is 10.9 Å². The van der Waals surface area contributed by atoms with Gasteiger partial charge in [0.25, 0.3) is 0 Å². The average molecular weight is 283 g/mol. The van der Waals surface area contributed by atoms with Gasteiger partial charge in [-0.05, 0) is 49.7 Å². The molecule has 1 N–H and O–H groups in total. The summed E-state index contributed by atoms with van der Waals surface area (Å²) in [5, 5.41) is 5.22. The van der Waals surface area contributed by atoms with Crippen LogP contribution in [0.15, 0.2) is 48.7 Å². The molecular weight excluding hydrogens is 268 g/mol. The molecule has 0 aliphatic rings. The third kappa shape index (κ3) is 2.47. The largest absolute Gasteiger partial charge is 0.355 e. The Kier molecular flexibility index (Phi) is 3.33. The zero-order valence-corrected chi connectivity index (χ0v) is 12.2. The molecule has 100 valence electrons. The van der Waals surface area contributed by atoms with Crippen molar-refractivity contribution < 1.29 is 0 Å². The lowest BCUT2D eigenvalue weighted by atomic mass is 10.1. The van der Waals surface area contributed by atoms with Gasteiger partial charge in [0.15, 0.2) is 0 Å². The van der Waals surface area contributed by atoms with Gasteiger partial charge in [-0.25, -0.2) is 0 Å². The van der Waals surface area contributed by atoms with Crippen molar-refractivity contribution in [3.63, 3.8) is 0 Å². The van der Waals surface area contributed by atoms with E-state index in [1.165, 1.54) is 11.1 Å². The van der Waals surface area contributed by atoms with Gasteiger partial charge in [-0.15, -0.1) is 0 Å². The molecule has 0 amide bonds. The summed E-state index contributed by atoms with van der Waals surface area (Å²) in [6.45, 7) is 4.20. The molecule has 0 spiro atoms. The molecule has 1 aromatic heterocycles. The van der Waals surface area contributed by atoms with Gasteiger partial charge in [-0.2, -0.15) is 0 Å². The van der Waals surface area contributed by atoms with Crippen LogP contribution in [0, 0.1) is 13.8 Å². The van der Waals surface area contributed by atoms with Crippen LogP contribution in [-0.2, 0) is 0 Å². The van der Waals surface area contributed by atoms with Gasteiger partial charge in [0.2, 0.25) is 0 Å². The standard InChI is InChI=1S/C17H15ClN2/c1-11-3-5-15(12(2)9-11)20-17-7-8-19-16-6-4-13(18)10-14(16)17/h3-10H,1-2H3,(H,19,20). The maximum Gasteiger partial charge on any atom is 0.0723 e. The number of halogens is 1. The lowest BCUT2D eigenvalue weighted by molar-refractivity contribution is 1.36. The van der Waals surface area contributed by atoms with Crippen LogP contribution in [0.4, 0.5) is 11.4 Å². The van der Waals surface area contributed by atoms with Gasteiger partial charge < -0.3 is 5.32 Å². The van der Waals surface area contributed by atoms with Crippen molar-refractivity contribution in [3.05, 3.63) is 64.8 Å². The lowest BCUT2D eigenvalue weighted by Crippen LogP contribution is -1.95. The first-order valence-electron chi connectivity index (χ1n) is 6.52. The van der Waals surface area contributed by atoms with Gasteiger partial charge in [0.1, 0.15) is 0 Å². The van der Waals surface area contributed by atoms with E-state index in [2.05, 4.69) is 42.3 Å². The van der Waals surface area contributed by atoms with E-state index in [1.54, 1.807) is 0 Å². The highest BCUT2D eigenvalue weighted by Gasteiger charge is 2.05. The molecule has 3 heteroatoms. The number of aromatic nitrogens is 1. The number of benzene rings is 2. The van der Waals surface area contributed by atoms with E-state index in [0.717, 1.165) is 22.3 Å². The summed E-state index contributed by atoms with van der Waals surface area (Å²) in [5.74, 6) is 0. The van der Waals surface area contributed by atoms with Gasteiger partial charge in [-0.1, -0.05) is 29.3 Å². The van der Waals surface area contributed by atoms with Crippen molar-refractivity contribution in [2.45, 2.75) is 13.8 Å². The number of pyridine rings is 1. The highest BCUT2D eigenvalue weighted by atomic mass is 35.5. The van der Waals surface area contributed by atoms with Crippen molar-refractivity contribution >= 4 is 33.9 Å². The highest BCUT2D eigenvalue weighted by molar-refractivity contribution is 6.31. The molecule has 0 aliphatic heterocycles. The maximum absolute atomic E-state index is 6.09. The minimum absolute atomic E-state index is 0.717. The Bertz CT molecular complexity index is 781. The fourth-order valence-electron chi connectivity index (χ4n) is 2.33. The Morgan fingerprint density at radius 3 is 2.60 bits per heavy atom. The van der Waals surface area contributed by atoms with Crippen LogP contribution in [0.3, 0.4) is 0 Å². The van der Waals surface area contributed by atoms with Gasteiger partial charge in [0.05, 0.1) is 5.52 Å². The molecule has 0 saturated carbocycles. The molecule has 0 saturated heterocycles. The fraction of sp³-hybridized carbons (Fsp3) is 0.118. The van der Waals surface area contributed by atoms with E-state index >= 15 is 0 Å². The van der Waals surface area contributed by atoms with Crippen LogP contribution in [0.5, 0.6) is 0 Å². The summed E-state index contributed by atoms with van der Waals surface area (Å²) in [7, 11) is 0. The molecule has 0 unspecified atom stereocenters. The fourth-order valence-corrected chi connectivity index (χ4v) is 2.50. The summed E-state index contributed by atoms with van der Waals surface area (Å²) < 4.78 is 0. The van der Waals surface area contributed by atoms with E-state index in [4.69, 9.17) is 11.6 Å². The highest BCUT2D eigenvalue weighted by Crippen LogP contribution is 2.28. The molecule has 0 aliphatic carbocycles. The summed E-state index contributed by atoms with van der Waals surface area (Å²) in [5.41, 5.74) is 5.53. The van der Waals surface area contributed by atoms with Gasteiger partial charge in [0, 0.05) is 28.0 Å². The number of fused-ring (bicyclic) bond motifs is 1. The normalized spacial score (nSPS) is 10.8. The molecule has 3 rings (SSSR count). The van der Waals surface area contributed by atoms with Crippen molar-refractivity contribution in [2.24, 2.45) is 0 Å². The molecular formula is C17H15ClN2. The summed E-state index contributed by atoms with van der Waals surface area (Å²) in [4.78, 5) is 4.36. The quantitative estimate of drug-likeness (QED) is 0.694. The number of nitrogens with one attached hydrogen (secondary N) is 1. The monoisotopic (exact) mass is 282 g/mol. The predicted octanol–water partition coefficient (Wildman–Crippen LogP) is 5.25.